The van der Waals surface area contributed by atoms with E-state index in [0.717, 1.165) is 12.8 Å². The summed E-state index contributed by atoms with van der Waals surface area (Å²) in [5, 5.41) is 13.6. The van der Waals surface area contributed by atoms with Crippen LogP contribution in [-0.4, -0.2) is 95.8 Å². The maximum Gasteiger partial charge on any atom is 0.328 e. The van der Waals surface area contributed by atoms with Crippen LogP contribution >= 0.6 is 11.8 Å². The maximum atomic E-state index is 13.6. The predicted molar refractivity (Wildman–Crippen MR) is 198 cm³/mol. The third kappa shape index (κ3) is 11.3. The summed E-state index contributed by atoms with van der Waals surface area (Å²) in [5.74, 6) is -2.81. The van der Waals surface area contributed by atoms with Gasteiger partial charge in [-0.25, -0.2) is 4.79 Å². The summed E-state index contributed by atoms with van der Waals surface area (Å²) in [5.41, 5.74) is 3.54. The normalized spacial score (nSPS) is 21.1. The van der Waals surface area contributed by atoms with Gasteiger partial charge < -0.3 is 30.2 Å². The van der Waals surface area contributed by atoms with Crippen molar-refractivity contribution in [3.63, 3.8) is 0 Å². The molecule has 1 aliphatic rings. The van der Waals surface area contributed by atoms with E-state index < -0.39 is 55.3 Å². The summed E-state index contributed by atoms with van der Waals surface area (Å²) in [6.07, 6.45) is 2.22. The zero-order valence-corrected chi connectivity index (χ0v) is 34.2. The Morgan fingerprint density at radius 3 is 2.06 bits per heavy atom. The largest absolute Gasteiger partial charge is 0.481 e. The number of esters is 1. The molecule has 1 rings (SSSR count). The van der Waals surface area contributed by atoms with Gasteiger partial charge in [-0.3, -0.25) is 19.4 Å². The van der Waals surface area contributed by atoms with Crippen LogP contribution in [0.2, 0.25) is 18.1 Å². The highest BCUT2D eigenvalue weighted by atomic mass is 32.2. The van der Waals surface area contributed by atoms with Crippen LogP contribution in [0.4, 0.5) is 0 Å². The molecule has 0 aromatic heterocycles. The Kier molecular flexibility index (Phi) is 15.9. The number of ether oxygens (including phenoxy) is 1. The van der Waals surface area contributed by atoms with Gasteiger partial charge in [-0.2, -0.15) is 0 Å². The van der Waals surface area contributed by atoms with Gasteiger partial charge in [0, 0.05) is 24.9 Å². The maximum absolute atomic E-state index is 13.6. The SMILES string of the molecule is CCC[C@@H](CC[C@@H](C)[C@H](OC(=O)[C@H](C)NC(=O)[C@H](C(C)C)N(C)C(=O)[C@]1(C)CSC([C@H](C)N)=N1)C(C)(C)C(=O)O)O[Si](C)(C)C(C)(C)C. The lowest BCUT2D eigenvalue weighted by Gasteiger charge is -2.40. The van der Waals surface area contributed by atoms with Crippen LogP contribution in [0, 0.1) is 17.3 Å². The summed E-state index contributed by atoms with van der Waals surface area (Å²) in [6.45, 7) is 26.9. The van der Waals surface area contributed by atoms with Crippen LogP contribution in [0.1, 0.15) is 109 Å². The first-order valence-corrected chi connectivity index (χ1v) is 21.3. The van der Waals surface area contributed by atoms with E-state index in [4.69, 9.17) is 14.9 Å². The molecule has 11 nitrogen and oxygen atoms in total. The molecular formula is C35H66N4O7SSi. The molecule has 48 heavy (non-hydrogen) atoms. The summed E-state index contributed by atoms with van der Waals surface area (Å²) in [6, 6.07) is -2.26. The van der Waals surface area contributed by atoms with Crippen molar-refractivity contribution in [3.8, 4) is 0 Å². The molecule has 0 radical (unpaired) electrons. The van der Waals surface area contributed by atoms with Gasteiger partial charge in [0.25, 0.3) is 5.91 Å². The number of rotatable bonds is 18. The smallest absolute Gasteiger partial charge is 0.328 e. The van der Waals surface area contributed by atoms with E-state index in [2.05, 4.69) is 51.1 Å². The highest BCUT2D eigenvalue weighted by molar-refractivity contribution is 8.14. The molecule has 4 N–H and O–H groups in total. The Morgan fingerprint density at radius 2 is 1.62 bits per heavy atom. The second-order valence-electron chi connectivity index (χ2n) is 16.4. The number of amides is 2. The molecule has 0 saturated heterocycles. The molecule has 278 valence electrons. The number of carboxylic acid groups (broad SMARTS) is 1. The van der Waals surface area contributed by atoms with Crippen LogP contribution in [0.5, 0.6) is 0 Å². The van der Waals surface area contributed by atoms with Crippen molar-refractivity contribution in [2.24, 2.45) is 28.0 Å². The zero-order valence-electron chi connectivity index (χ0n) is 32.4. The average molecular weight is 715 g/mol. The van der Waals surface area contributed by atoms with Gasteiger partial charge in [-0.15, -0.1) is 11.8 Å². The number of aliphatic carboxylic acids is 1. The van der Waals surface area contributed by atoms with Gasteiger partial charge in [0.1, 0.15) is 23.7 Å². The molecule has 1 aliphatic heterocycles. The van der Waals surface area contributed by atoms with Crippen molar-refractivity contribution >= 4 is 48.9 Å². The zero-order chi connectivity index (χ0) is 37.6. The molecule has 0 fully saturated rings. The molecular weight excluding hydrogens is 649 g/mol. The molecule has 0 saturated carbocycles. The number of hydrogen-bond acceptors (Lipinski definition) is 9. The topological polar surface area (TPSA) is 161 Å². The summed E-state index contributed by atoms with van der Waals surface area (Å²) < 4.78 is 12.7. The molecule has 13 heteroatoms. The van der Waals surface area contributed by atoms with Crippen LogP contribution in [0.25, 0.3) is 0 Å². The second-order valence-corrected chi connectivity index (χ2v) is 22.1. The number of carbonyl (C=O) groups is 4. The summed E-state index contributed by atoms with van der Waals surface area (Å²) in [7, 11) is -0.457. The van der Waals surface area contributed by atoms with E-state index in [1.165, 1.54) is 23.6 Å². The van der Waals surface area contributed by atoms with E-state index in [0.29, 0.717) is 23.6 Å². The number of carboxylic acids is 1. The number of nitrogens with one attached hydrogen (secondary N) is 1. The number of nitrogens with two attached hydrogens (primary N) is 1. The van der Waals surface area contributed by atoms with Crippen molar-refractivity contribution in [3.05, 3.63) is 0 Å². The van der Waals surface area contributed by atoms with Crippen LogP contribution in [0.3, 0.4) is 0 Å². The average Bonchev–Trinajstić information content (AvgIpc) is 3.36. The van der Waals surface area contributed by atoms with Gasteiger partial charge in [-0.1, -0.05) is 54.9 Å². The fourth-order valence-corrected chi connectivity index (χ4v) is 8.32. The van der Waals surface area contributed by atoms with Crippen molar-refractivity contribution < 1.29 is 33.4 Å². The Labute approximate surface area is 295 Å². The van der Waals surface area contributed by atoms with E-state index in [1.54, 1.807) is 27.8 Å². The molecule has 0 unspecified atom stereocenters. The Bertz CT molecular complexity index is 1170. The monoisotopic (exact) mass is 714 g/mol. The van der Waals surface area contributed by atoms with Crippen molar-refractivity contribution in [1.29, 1.82) is 0 Å². The fraction of sp³-hybridized carbons (Fsp3) is 0.857. The molecule has 0 spiro atoms. The minimum absolute atomic E-state index is 0.0228. The Balaban J connectivity index is 3.13. The van der Waals surface area contributed by atoms with E-state index >= 15 is 0 Å². The third-order valence-corrected chi connectivity index (χ3v) is 15.9. The minimum atomic E-state index is -2.03. The van der Waals surface area contributed by atoms with Gasteiger partial charge in [-0.05, 0) is 83.8 Å². The predicted octanol–water partition coefficient (Wildman–Crippen LogP) is 5.85. The Morgan fingerprint density at radius 1 is 1.06 bits per heavy atom. The molecule has 2 amide bonds. The number of thioether (sulfide) groups is 1. The first-order valence-electron chi connectivity index (χ1n) is 17.4. The van der Waals surface area contributed by atoms with E-state index in [-0.39, 0.29) is 34.9 Å². The summed E-state index contributed by atoms with van der Waals surface area (Å²) >= 11 is 1.44. The highest BCUT2D eigenvalue weighted by Crippen LogP contribution is 2.39. The second kappa shape index (κ2) is 17.3. The van der Waals surface area contributed by atoms with E-state index in [9.17, 15) is 24.3 Å². The van der Waals surface area contributed by atoms with Crippen molar-refractivity contribution in [2.45, 2.75) is 163 Å². The van der Waals surface area contributed by atoms with Gasteiger partial charge >= 0.3 is 11.9 Å². The van der Waals surface area contributed by atoms with Gasteiger partial charge in [0.05, 0.1) is 10.5 Å². The quantitative estimate of drug-likeness (QED) is 0.117. The van der Waals surface area contributed by atoms with E-state index in [1.807, 2.05) is 27.7 Å². The summed E-state index contributed by atoms with van der Waals surface area (Å²) in [4.78, 5) is 59.1. The lowest BCUT2D eigenvalue weighted by molar-refractivity contribution is -0.173. The van der Waals surface area contributed by atoms with Crippen LogP contribution < -0.4 is 11.1 Å². The highest BCUT2D eigenvalue weighted by Gasteiger charge is 2.46. The number of hydrogen-bond donors (Lipinski definition) is 3. The standard InChI is InChI=1S/C35H66N4O7SSi/c1-16-17-25(46-48(14,15)33(7,8)9)19-18-22(4)27(34(10,11)32(43)44)45-30(41)24(6)37-28(40)26(21(2)3)39(13)31(42)35(12)20-47-29(38-35)23(5)36/h21-27H,16-20,36H2,1-15H3,(H,37,40)(H,43,44)/t22-,23+,24+,25+,26+,27+,35+/m1/s1. The minimum Gasteiger partial charge on any atom is -0.481 e. The number of aliphatic imine (C=N–C) groups is 1. The van der Waals surface area contributed by atoms with Crippen LogP contribution in [0.15, 0.2) is 4.99 Å². The van der Waals surface area contributed by atoms with Crippen molar-refractivity contribution in [1.82, 2.24) is 10.2 Å². The van der Waals surface area contributed by atoms with Gasteiger partial charge in [0.2, 0.25) is 5.91 Å². The molecule has 0 aromatic rings. The number of nitrogens with zero attached hydrogens (tertiary/aromatic N) is 2. The third-order valence-electron chi connectivity index (χ3n) is 9.90. The van der Waals surface area contributed by atoms with Crippen molar-refractivity contribution in [2.75, 3.05) is 12.8 Å². The lowest BCUT2D eigenvalue weighted by atomic mass is 9.78. The first kappa shape index (κ1) is 44.1. The number of likely N-dealkylation sites (N-methyl/N-ethyl adjacent to an activating group) is 1. The molecule has 0 aliphatic carbocycles. The van der Waals surface area contributed by atoms with Gasteiger partial charge in [0.15, 0.2) is 8.32 Å². The molecule has 7 atom stereocenters. The first-order chi connectivity index (χ1) is 21.7. The molecule has 1 heterocycles. The Hall–Kier alpha value is -1.96. The molecule has 0 aromatic carbocycles. The lowest BCUT2D eigenvalue weighted by Crippen LogP contribution is -2.58. The molecule has 0 bridgehead atoms. The number of carbonyl (C=O) groups excluding carboxylic acids is 3. The fourth-order valence-electron chi connectivity index (χ4n) is 5.76. The van der Waals surface area contributed by atoms with Crippen LogP contribution in [-0.2, 0) is 28.3 Å².